The van der Waals surface area contributed by atoms with Gasteiger partial charge < -0.3 is 4.74 Å². The molecule has 6 heteroatoms. The quantitative estimate of drug-likeness (QED) is 0.802. The Morgan fingerprint density at radius 2 is 2.11 bits per heavy atom. The highest BCUT2D eigenvalue weighted by molar-refractivity contribution is 7.94. The Morgan fingerprint density at radius 1 is 1.53 bits per heavy atom. The summed E-state index contributed by atoms with van der Waals surface area (Å²) in [5, 5.41) is 4.16. The number of methoxy groups -OCH3 is 1. The first-order valence-electron chi connectivity index (χ1n) is 6.02. The van der Waals surface area contributed by atoms with Crippen molar-refractivity contribution in [3.63, 3.8) is 0 Å². The predicted molar refractivity (Wildman–Crippen MR) is 75.4 cm³/mol. The van der Waals surface area contributed by atoms with Crippen molar-refractivity contribution >= 4 is 9.84 Å². The van der Waals surface area contributed by atoms with Gasteiger partial charge in [0.1, 0.15) is 0 Å². The number of hydrogen-bond donors (Lipinski definition) is 0. The Morgan fingerprint density at radius 3 is 2.53 bits per heavy atom. The van der Waals surface area contributed by atoms with Gasteiger partial charge >= 0.3 is 0 Å². The molecule has 1 aromatic rings. The van der Waals surface area contributed by atoms with Gasteiger partial charge in [-0.2, -0.15) is 5.10 Å². The fourth-order valence-corrected chi connectivity index (χ4v) is 3.15. The molecule has 108 valence electrons. The molecule has 0 bridgehead atoms. The largest absolute Gasteiger partial charge is 0.378 e. The van der Waals surface area contributed by atoms with Crippen molar-refractivity contribution in [2.75, 3.05) is 7.11 Å². The van der Waals surface area contributed by atoms with Gasteiger partial charge in [-0.25, -0.2) is 8.42 Å². The average Bonchev–Trinajstić information content (AvgIpc) is 2.56. The third-order valence-corrected chi connectivity index (χ3v) is 4.73. The van der Waals surface area contributed by atoms with Gasteiger partial charge in [0.05, 0.1) is 17.0 Å². The lowest BCUT2D eigenvalue weighted by Crippen LogP contribution is -2.25. The molecule has 5 nitrogen and oxygen atoms in total. The highest BCUT2D eigenvalue weighted by atomic mass is 32.2. The van der Waals surface area contributed by atoms with E-state index in [2.05, 4.69) is 11.7 Å². The Kier molecular flexibility index (Phi) is 4.58. The molecule has 0 unspecified atom stereocenters. The van der Waals surface area contributed by atoms with E-state index in [1.54, 1.807) is 25.0 Å². The fraction of sp³-hybridized carbons (Fsp3) is 0.615. The van der Waals surface area contributed by atoms with Gasteiger partial charge in [0.25, 0.3) is 0 Å². The Balaban J connectivity index is 2.88. The summed E-state index contributed by atoms with van der Waals surface area (Å²) >= 11 is 0. The summed E-state index contributed by atoms with van der Waals surface area (Å²) in [5.74, 6) is -0.113. The SMILES string of the molecule is C=C(CC(C)(C)OC)S(=O)(=O)Cc1nn(C)cc1C. The first-order chi connectivity index (χ1) is 8.57. The van der Waals surface area contributed by atoms with Crippen molar-refractivity contribution in [2.24, 2.45) is 7.05 Å². The zero-order chi connectivity index (χ0) is 14.8. The molecule has 0 amide bonds. The summed E-state index contributed by atoms with van der Waals surface area (Å²) in [5.41, 5.74) is 0.896. The topological polar surface area (TPSA) is 61.2 Å². The highest BCUT2D eigenvalue weighted by Gasteiger charge is 2.26. The van der Waals surface area contributed by atoms with Crippen LogP contribution in [0.4, 0.5) is 0 Å². The van der Waals surface area contributed by atoms with Crippen LogP contribution in [-0.4, -0.2) is 30.9 Å². The summed E-state index contributed by atoms with van der Waals surface area (Å²) in [6.07, 6.45) is 2.07. The van der Waals surface area contributed by atoms with Crippen LogP contribution >= 0.6 is 0 Å². The van der Waals surface area contributed by atoms with Crippen molar-refractivity contribution in [3.8, 4) is 0 Å². The van der Waals surface area contributed by atoms with Crippen molar-refractivity contribution in [1.29, 1.82) is 0 Å². The third kappa shape index (κ3) is 4.18. The molecule has 0 saturated carbocycles. The van der Waals surface area contributed by atoms with E-state index in [4.69, 9.17) is 4.74 Å². The molecule has 1 heterocycles. The van der Waals surface area contributed by atoms with Crippen LogP contribution in [0.1, 0.15) is 31.5 Å². The Labute approximate surface area is 115 Å². The molecular formula is C13H22N2O3S. The second kappa shape index (κ2) is 5.46. The van der Waals surface area contributed by atoms with Gasteiger partial charge in [0.2, 0.25) is 0 Å². The number of aryl methyl sites for hydroxylation is 2. The maximum atomic E-state index is 12.3. The second-order valence-corrected chi connectivity index (χ2v) is 7.47. The van der Waals surface area contributed by atoms with E-state index in [-0.39, 0.29) is 17.1 Å². The standard InChI is InChI=1S/C13H22N2O3S/c1-10-8-15(5)14-12(10)9-19(16,17)11(2)7-13(3,4)18-6/h8H,2,7,9H2,1,3-6H3. The number of hydrogen-bond acceptors (Lipinski definition) is 4. The molecule has 0 N–H and O–H groups in total. The van der Waals surface area contributed by atoms with Gasteiger partial charge in [-0.15, -0.1) is 0 Å². The zero-order valence-corrected chi connectivity index (χ0v) is 13.0. The number of nitrogens with zero attached hydrogens (tertiary/aromatic N) is 2. The smallest absolute Gasteiger partial charge is 0.179 e. The number of aromatic nitrogens is 2. The third-order valence-electron chi connectivity index (χ3n) is 3.06. The van der Waals surface area contributed by atoms with Crippen molar-refractivity contribution < 1.29 is 13.2 Å². The summed E-state index contributed by atoms with van der Waals surface area (Å²) in [4.78, 5) is 0.185. The van der Waals surface area contributed by atoms with E-state index in [0.29, 0.717) is 5.69 Å². The summed E-state index contributed by atoms with van der Waals surface area (Å²) < 4.78 is 31.4. The van der Waals surface area contributed by atoms with E-state index in [1.165, 1.54) is 0 Å². The molecule has 0 aliphatic carbocycles. The van der Waals surface area contributed by atoms with Gasteiger partial charge in [0, 0.05) is 31.7 Å². The molecule has 0 aromatic carbocycles. The van der Waals surface area contributed by atoms with Crippen LogP contribution in [0.3, 0.4) is 0 Å². The van der Waals surface area contributed by atoms with Crippen LogP contribution in [0, 0.1) is 6.92 Å². The lowest BCUT2D eigenvalue weighted by molar-refractivity contribution is 0.0246. The number of rotatable bonds is 6. The minimum absolute atomic E-state index is 0.113. The van der Waals surface area contributed by atoms with E-state index in [9.17, 15) is 8.42 Å². The summed E-state index contributed by atoms with van der Waals surface area (Å²) in [6.45, 7) is 9.20. The second-order valence-electron chi connectivity index (χ2n) is 5.37. The van der Waals surface area contributed by atoms with Crippen LogP contribution in [0.15, 0.2) is 17.7 Å². The monoisotopic (exact) mass is 286 g/mol. The maximum Gasteiger partial charge on any atom is 0.179 e. The van der Waals surface area contributed by atoms with E-state index >= 15 is 0 Å². The van der Waals surface area contributed by atoms with Gasteiger partial charge in [-0.05, 0) is 26.3 Å². The molecule has 0 spiro atoms. The zero-order valence-electron chi connectivity index (χ0n) is 12.2. The van der Waals surface area contributed by atoms with Gasteiger partial charge in [-0.1, -0.05) is 6.58 Å². The minimum Gasteiger partial charge on any atom is -0.378 e. The molecule has 0 aliphatic rings. The normalized spacial score (nSPS) is 12.7. The van der Waals surface area contributed by atoms with Crippen LogP contribution in [0.2, 0.25) is 0 Å². The molecule has 19 heavy (non-hydrogen) atoms. The predicted octanol–water partition coefficient (Wildman–Crippen LogP) is 1.97. The fourth-order valence-electron chi connectivity index (χ4n) is 1.73. The summed E-state index contributed by atoms with van der Waals surface area (Å²) in [6, 6.07) is 0. The minimum atomic E-state index is -3.42. The van der Waals surface area contributed by atoms with Crippen LogP contribution in [-0.2, 0) is 27.4 Å². The molecule has 1 rings (SSSR count). The molecule has 0 atom stereocenters. The number of sulfone groups is 1. The highest BCUT2D eigenvalue weighted by Crippen LogP contribution is 2.24. The molecule has 1 aromatic heterocycles. The van der Waals surface area contributed by atoms with Crippen LogP contribution in [0.5, 0.6) is 0 Å². The maximum absolute atomic E-state index is 12.3. The van der Waals surface area contributed by atoms with Crippen LogP contribution < -0.4 is 0 Å². The van der Waals surface area contributed by atoms with E-state index in [0.717, 1.165) is 5.56 Å². The molecule has 0 aliphatic heterocycles. The summed E-state index contributed by atoms with van der Waals surface area (Å²) in [7, 11) is -0.0879. The van der Waals surface area contributed by atoms with Gasteiger partial charge in [-0.3, -0.25) is 4.68 Å². The van der Waals surface area contributed by atoms with E-state index in [1.807, 2.05) is 20.8 Å². The van der Waals surface area contributed by atoms with Crippen molar-refractivity contribution in [3.05, 3.63) is 28.9 Å². The lowest BCUT2D eigenvalue weighted by atomic mass is 10.1. The molecular weight excluding hydrogens is 264 g/mol. The van der Waals surface area contributed by atoms with Crippen molar-refractivity contribution in [2.45, 2.75) is 38.5 Å². The number of ether oxygens (including phenoxy) is 1. The van der Waals surface area contributed by atoms with Gasteiger partial charge in [0.15, 0.2) is 9.84 Å². The first kappa shape index (κ1) is 15.9. The average molecular weight is 286 g/mol. The Hall–Kier alpha value is -1.14. The molecule has 0 saturated heterocycles. The first-order valence-corrected chi connectivity index (χ1v) is 7.67. The lowest BCUT2D eigenvalue weighted by Gasteiger charge is -2.23. The van der Waals surface area contributed by atoms with Crippen molar-refractivity contribution in [1.82, 2.24) is 9.78 Å². The molecule has 0 radical (unpaired) electrons. The molecule has 0 fully saturated rings. The van der Waals surface area contributed by atoms with E-state index < -0.39 is 15.4 Å². The van der Waals surface area contributed by atoms with Crippen LogP contribution in [0.25, 0.3) is 0 Å². The Bertz CT molecular complexity index is 571.